The summed E-state index contributed by atoms with van der Waals surface area (Å²) in [6.45, 7) is 2.44. The number of anilines is 1. The minimum Gasteiger partial charge on any atom is -0.362 e. The maximum absolute atomic E-state index is 12.5. The molecule has 1 saturated heterocycles. The zero-order chi connectivity index (χ0) is 17.1. The minimum atomic E-state index is -0.353. The number of amides is 1. The first kappa shape index (κ1) is 16.7. The molecule has 0 unspecified atom stereocenters. The number of nitrogens with two attached hydrogens (primary N) is 1. The molecule has 1 aromatic rings. The number of benzene rings is 1. The van der Waals surface area contributed by atoms with Crippen LogP contribution in [0.3, 0.4) is 0 Å². The largest absolute Gasteiger partial charge is 0.362 e. The summed E-state index contributed by atoms with van der Waals surface area (Å²) in [7, 11) is 0. The molecule has 1 aliphatic carbocycles. The van der Waals surface area contributed by atoms with Gasteiger partial charge in [-0.05, 0) is 24.8 Å². The Morgan fingerprint density at radius 3 is 2.54 bits per heavy atom. The zero-order valence-electron chi connectivity index (χ0n) is 13.8. The topological polar surface area (TPSA) is 92.7 Å². The van der Waals surface area contributed by atoms with E-state index in [9.17, 15) is 14.9 Å². The predicted octanol–water partition coefficient (Wildman–Crippen LogP) is 1.76. The van der Waals surface area contributed by atoms with Gasteiger partial charge in [0.25, 0.3) is 5.69 Å². The number of nitrogens with zero attached hydrogens (tertiary/aromatic N) is 3. The van der Waals surface area contributed by atoms with Crippen LogP contribution in [0, 0.1) is 16.0 Å². The van der Waals surface area contributed by atoms with E-state index in [-0.39, 0.29) is 22.6 Å². The molecule has 2 aliphatic rings. The average molecular weight is 332 g/mol. The Hall–Kier alpha value is -2.15. The van der Waals surface area contributed by atoms with Crippen LogP contribution in [0.5, 0.6) is 0 Å². The Bertz CT molecular complexity index is 614. The van der Waals surface area contributed by atoms with Crippen LogP contribution in [0.1, 0.15) is 25.7 Å². The molecule has 1 amide bonds. The number of carbonyl (C=O) groups is 1. The van der Waals surface area contributed by atoms with E-state index in [0.29, 0.717) is 44.2 Å². The summed E-state index contributed by atoms with van der Waals surface area (Å²) >= 11 is 0. The summed E-state index contributed by atoms with van der Waals surface area (Å²) in [5.41, 5.74) is 6.81. The minimum absolute atomic E-state index is 0.120. The molecule has 2 fully saturated rings. The number of rotatable bonds is 4. The van der Waals surface area contributed by atoms with Gasteiger partial charge in [0.15, 0.2) is 0 Å². The first-order valence-electron chi connectivity index (χ1n) is 8.58. The van der Waals surface area contributed by atoms with Crippen molar-refractivity contribution in [3.63, 3.8) is 0 Å². The van der Waals surface area contributed by atoms with E-state index >= 15 is 0 Å². The van der Waals surface area contributed by atoms with E-state index < -0.39 is 0 Å². The maximum atomic E-state index is 12.5. The molecular formula is C17H24N4O3. The van der Waals surface area contributed by atoms with Crippen LogP contribution >= 0.6 is 0 Å². The van der Waals surface area contributed by atoms with Crippen LogP contribution in [0.2, 0.25) is 0 Å². The molecule has 0 aromatic heterocycles. The van der Waals surface area contributed by atoms with Crippen LogP contribution in [0.4, 0.5) is 11.4 Å². The highest BCUT2D eigenvalue weighted by atomic mass is 16.6. The van der Waals surface area contributed by atoms with Crippen LogP contribution in [0.25, 0.3) is 0 Å². The number of hydrogen-bond donors (Lipinski definition) is 1. The van der Waals surface area contributed by atoms with Crippen molar-refractivity contribution in [1.29, 1.82) is 0 Å². The summed E-state index contributed by atoms with van der Waals surface area (Å²) in [5.74, 6) is 0.477. The van der Waals surface area contributed by atoms with Crippen LogP contribution < -0.4 is 10.6 Å². The van der Waals surface area contributed by atoms with Crippen molar-refractivity contribution in [2.45, 2.75) is 31.7 Å². The van der Waals surface area contributed by atoms with Crippen molar-refractivity contribution in [2.75, 3.05) is 31.1 Å². The van der Waals surface area contributed by atoms with E-state index in [1.165, 1.54) is 6.07 Å². The van der Waals surface area contributed by atoms with Gasteiger partial charge in [-0.2, -0.15) is 0 Å². The van der Waals surface area contributed by atoms with Crippen molar-refractivity contribution in [2.24, 2.45) is 11.7 Å². The third kappa shape index (κ3) is 3.51. The summed E-state index contributed by atoms with van der Waals surface area (Å²) in [6, 6.07) is 6.93. The molecule has 0 radical (unpaired) electrons. The second kappa shape index (κ2) is 7.17. The average Bonchev–Trinajstić information content (AvgIpc) is 3.00. The number of para-hydroxylation sites is 2. The number of carbonyl (C=O) groups excluding carboxylic acids is 1. The lowest BCUT2D eigenvalue weighted by molar-refractivity contribution is -0.384. The molecular weight excluding hydrogens is 308 g/mol. The first-order chi connectivity index (χ1) is 11.6. The molecule has 3 rings (SSSR count). The molecule has 0 bridgehead atoms. The van der Waals surface area contributed by atoms with Gasteiger partial charge in [0, 0.05) is 44.7 Å². The summed E-state index contributed by atoms with van der Waals surface area (Å²) < 4.78 is 0. The van der Waals surface area contributed by atoms with Crippen molar-refractivity contribution in [3.8, 4) is 0 Å². The number of nitro groups is 1. The SMILES string of the molecule is N[C@@H]1CCC[C@H]1CC(=O)N1CCN(c2ccccc2[N+](=O)[O-])CC1. The molecule has 1 aliphatic heterocycles. The lowest BCUT2D eigenvalue weighted by atomic mass is 9.99. The Morgan fingerprint density at radius 1 is 1.21 bits per heavy atom. The fourth-order valence-corrected chi connectivity index (χ4v) is 3.76. The molecule has 7 heteroatoms. The third-order valence-corrected chi connectivity index (χ3v) is 5.21. The molecule has 24 heavy (non-hydrogen) atoms. The van der Waals surface area contributed by atoms with Crippen LogP contribution in [-0.4, -0.2) is 48.0 Å². The van der Waals surface area contributed by atoms with Gasteiger partial charge in [0.05, 0.1) is 4.92 Å². The quantitative estimate of drug-likeness (QED) is 0.670. The van der Waals surface area contributed by atoms with Gasteiger partial charge in [-0.1, -0.05) is 18.6 Å². The second-order valence-corrected chi connectivity index (χ2v) is 6.67. The first-order valence-corrected chi connectivity index (χ1v) is 8.58. The Kier molecular flexibility index (Phi) is 4.99. The molecule has 1 aromatic carbocycles. The van der Waals surface area contributed by atoms with Crippen LogP contribution in [-0.2, 0) is 4.79 Å². The van der Waals surface area contributed by atoms with Gasteiger partial charge < -0.3 is 15.5 Å². The maximum Gasteiger partial charge on any atom is 0.292 e. The smallest absolute Gasteiger partial charge is 0.292 e. The lowest BCUT2D eigenvalue weighted by Gasteiger charge is -2.36. The zero-order valence-corrected chi connectivity index (χ0v) is 13.8. The molecule has 130 valence electrons. The highest BCUT2D eigenvalue weighted by molar-refractivity contribution is 5.77. The third-order valence-electron chi connectivity index (χ3n) is 5.21. The van der Waals surface area contributed by atoms with Crippen molar-refractivity contribution < 1.29 is 9.72 Å². The van der Waals surface area contributed by atoms with E-state index in [4.69, 9.17) is 5.73 Å². The normalized spacial score (nSPS) is 24.2. The standard InChI is InChI=1S/C17H24N4O3/c18-14-5-3-4-13(14)12-17(22)20-10-8-19(9-11-20)15-6-1-2-7-16(15)21(23)24/h1-2,6-7,13-14H,3-5,8-12,18H2/t13-,14+/m0/s1. The van der Waals surface area contributed by atoms with Crippen molar-refractivity contribution >= 4 is 17.3 Å². The van der Waals surface area contributed by atoms with Gasteiger partial charge in [0.2, 0.25) is 5.91 Å². The number of nitro benzene ring substituents is 1. The second-order valence-electron chi connectivity index (χ2n) is 6.67. The van der Waals surface area contributed by atoms with Gasteiger partial charge in [0.1, 0.15) is 5.69 Å². The van der Waals surface area contributed by atoms with Gasteiger partial charge >= 0.3 is 0 Å². The van der Waals surface area contributed by atoms with E-state index in [0.717, 1.165) is 19.3 Å². The number of piperazine rings is 1. The molecule has 2 atom stereocenters. The van der Waals surface area contributed by atoms with Crippen LogP contribution in [0.15, 0.2) is 24.3 Å². The highest BCUT2D eigenvalue weighted by Gasteiger charge is 2.30. The predicted molar refractivity (Wildman–Crippen MR) is 91.8 cm³/mol. The molecule has 0 spiro atoms. The molecule has 2 N–H and O–H groups in total. The summed E-state index contributed by atoms with van der Waals surface area (Å²) in [4.78, 5) is 27.1. The molecule has 7 nitrogen and oxygen atoms in total. The number of hydrogen-bond acceptors (Lipinski definition) is 5. The van der Waals surface area contributed by atoms with Gasteiger partial charge in [-0.15, -0.1) is 0 Å². The molecule has 1 heterocycles. The van der Waals surface area contributed by atoms with Crippen molar-refractivity contribution in [1.82, 2.24) is 4.90 Å². The Morgan fingerprint density at radius 2 is 1.92 bits per heavy atom. The van der Waals surface area contributed by atoms with E-state index in [2.05, 4.69) is 0 Å². The van der Waals surface area contributed by atoms with Gasteiger partial charge in [-0.25, -0.2) is 0 Å². The molecule has 1 saturated carbocycles. The highest BCUT2D eigenvalue weighted by Crippen LogP contribution is 2.30. The van der Waals surface area contributed by atoms with E-state index in [1.807, 2.05) is 9.80 Å². The Labute approximate surface area is 141 Å². The fourth-order valence-electron chi connectivity index (χ4n) is 3.76. The van der Waals surface area contributed by atoms with Gasteiger partial charge in [-0.3, -0.25) is 14.9 Å². The monoisotopic (exact) mass is 332 g/mol. The fraction of sp³-hybridized carbons (Fsp3) is 0.588. The summed E-state index contributed by atoms with van der Waals surface area (Å²) in [6.07, 6.45) is 3.71. The summed E-state index contributed by atoms with van der Waals surface area (Å²) in [5, 5.41) is 11.2. The van der Waals surface area contributed by atoms with E-state index in [1.54, 1.807) is 18.2 Å². The Balaban J connectivity index is 1.58. The van der Waals surface area contributed by atoms with Crippen molar-refractivity contribution in [3.05, 3.63) is 34.4 Å². The lowest BCUT2D eigenvalue weighted by Crippen LogP contribution is -2.49.